The lowest BCUT2D eigenvalue weighted by Crippen LogP contribution is -2.19. The molecule has 0 aromatic heterocycles. The van der Waals surface area contributed by atoms with Crippen LogP contribution < -0.4 is 10.6 Å². The highest BCUT2D eigenvalue weighted by atomic mass is 35.5. The van der Waals surface area contributed by atoms with E-state index in [9.17, 15) is 0 Å². The normalized spacial score (nSPS) is 11.4. The van der Waals surface area contributed by atoms with Crippen LogP contribution in [0.3, 0.4) is 0 Å². The largest absolute Gasteiger partial charge is 0.126 e. The van der Waals surface area contributed by atoms with Crippen molar-refractivity contribution < 1.29 is 0 Å². The second kappa shape index (κ2) is 8.75. The minimum atomic E-state index is -1.91. The molecule has 0 aliphatic carbocycles. The summed E-state index contributed by atoms with van der Waals surface area (Å²) in [5, 5.41) is 3.87. The van der Waals surface area contributed by atoms with Gasteiger partial charge in [-0.25, -0.2) is 0 Å². The van der Waals surface area contributed by atoms with Crippen LogP contribution in [0.25, 0.3) is 0 Å². The van der Waals surface area contributed by atoms with E-state index in [0.717, 1.165) is 22.0 Å². The lowest BCUT2D eigenvalue weighted by atomic mass is 10.4. The Bertz CT molecular complexity index is 813. The van der Waals surface area contributed by atoms with Crippen molar-refractivity contribution in [2.75, 3.05) is 11.9 Å². The fraction of sp³-hybridized carbons (Fsp3) is 0.100. The summed E-state index contributed by atoms with van der Waals surface area (Å²) in [6, 6.07) is 24.6. The van der Waals surface area contributed by atoms with E-state index in [-0.39, 0.29) is 0 Å². The van der Waals surface area contributed by atoms with Crippen LogP contribution in [-0.4, -0.2) is 11.9 Å². The molecule has 5 heteroatoms. The Kier molecular flexibility index (Phi) is 6.66. The predicted molar refractivity (Wildman–Crippen MR) is 118 cm³/mol. The number of hydrogen-bond donors (Lipinski definition) is 0. The van der Waals surface area contributed by atoms with Crippen molar-refractivity contribution in [2.45, 2.75) is 4.90 Å². The number of hydrogen-bond acceptors (Lipinski definition) is 2. The van der Waals surface area contributed by atoms with Gasteiger partial charge in [-0.05, 0) is 53.2 Å². The van der Waals surface area contributed by atoms with Crippen molar-refractivity contribution in [3.63, 3.8) is 0 Å². The minimum Gasteiger partial charge on any atom is -0.126 e. The molecule has 0 atom stereocenters. The van der Waals surface area contributed by atoms with Crippen molar-refractivity contribution in [3.8, 4) is 0 Å². The number of rotatable bonds is 6. The average Bonchev–Trinajstić information content (AvgIpc) is 2.63. The summed E-state index contributed by atoms with van der Waals surface area (Å²) in [5.74, 6) is 0.979. The second-order valence-electron chi connectivity index (χ2n) is 5.58. The summed E-state index contributed by atoms with van der Waals surface area (Å²) >= 11 is 20.2. The molecule has 0 aliphatic rings. The summed E-state index contributed by atoms with van der Waals surface area (Å²) in [6.45, 7) is 0. The van der Waals surface area contributed by atoms with Crippen molar-refractivity contribution in [1.82, 2.24) is 0 Å². The molecular formula is C20H17Cl2PS2. The van der Waals surface area contributed by atoms with E-state index in [0.29, 0.717) is 0 Å². The molecule has 3 rings (SSSR count). The molecule has 0 aliphatic heterocycles. The van der Waals surface area contributed by atoms with Gasteiger partial charge < -0.3 is 0 Å². The summed E-state index contributed by atoms with van der Waals surface area (Å²) in [7, 11) is 0. The van der Waals surface area contributed by atoms with Crippen LogP contribution in [0.15, 0.2) is 83.8 Å². The van der Waals surface area contributed by atoms with Crippen LogP contribution in [0.5, 0.6) is 0 Å². The number of thioether (sulfide) groups is 1. The van der Waals surface area contributed by atoms with Gasteiger partial charge in [-0.2, -0.15) is 0 Å². The summed E-state index contributed by atoms with van der Waals surface area (Å²) < 4.78 is 0. The Balaban J connectivity index is 1.87. The maximum atomic E-state index is 6.25. The Morgan fingerprint density at radius 1 is 0.720 bits per heavy atom. The molecule has 3 aromatic rings. The van der Waals surface area contributed by atoms with E-state index >= 15 is 0 Å². The minimum absolute atomic E-state index is 0.736. The number of halogens is 2. The van der Waals surface area contributed by atoms with Crippen LogP contribution in [0, 0.1) is 0 Å². The predicted octanol–water partition coefficient (Wildman–Crippen LogP) is 6.22. The Hall–Kier alpha value is -0.760. The van der Waals surface area contributed by atoms with E-state index in [1.54, 1.807) is 0 Å². The molecule has 3 aromatic carbocycles. The van der Waals surface area contributed by atoms with Crippen LogP contribution in [0.4, 0.5) is 0 Å². The summed E-state index contributed by atoms with van der Waals surface area (Å²) in [5.41, 5.74) is 0. The fourth-order valence-corrected chi connectivity index (χ4v) is 8.29. The lowest BCUT2D eigenvalue weighted by molar-refractivity contribution is 1.43. The molecule has 0 amide bonds. The fourth-order valence-electron chi connectivity index (χ4n) is 2.58. The first-order chi connectivity index (χ1) is 12.1. The molecule has 0 radical (unpaired) electrons. The number of benzene rings is 3. The van der Waals surface area contributed by atoms with Crippen molar-refractivity contribution in [2.24, 2.45) is 0 Å². The molecule has 128 valence electrons. The quantitative estimate of drug-likeness (QED) is 0.341. The van der Waals surface area contributed by atoms with Gasteiger partial charge in [0.05, 0.1) is 0 Å². The van der Waals surface area contributed by atoms with E-state index < -0.39 is 6.04 Å². The van der Waals surface area contributed by atoms with Gasteiger partial charge >= 0.3 is 0 Å². The van der Waals surface area contributed by atoms with Crippen molar-refractivity contribution in [3.05, 3.63) is 88.9 Å². The Labute approximate surface area is 168 Å². The zero-order chi connectivity index (χ0) is 17.7. The molecule has 0 bridgehead atoms. The van der Waals surface area contributed by atoms with Crippen LogP contribution in [0.2, 0.25) is 10.0 Å². The van der Waals surface area contributed by atoms with Gasteiger partial charge in [0.15, 0.2) is 0 Å². The smallest absolute Gasteiger partial charge is 0.0406 e. The van der Waals surface area contributed by atoms with E-state index in [4.69, 9.17) is 35.0 Å². The highest BCUT2D eigenvalue weighted by Crippen LogP contribution is 2.45. The molecule has 0 spiro atoms. The van der Waals surface area contributed by atoms with Gasteiger partial charge in [-0.1, -0.05) is 77.5 Å². The molecule has 0 saturated heterocycles. The SMILES string of the molecule is S=P(CCSc1ccccc1)(c1ccc(Cl)cc1)c1ccc(Cl)cc1. The van der Waals surface area contributed by atoms with Gasteiger partial charge in [-0.3, -0.25) is 0 Å². The average molecular weight is 423 g/mol. The molecule has 25 heavy (non-hydrogen) atoms. The van der Waals surface area contributed by atoms with Gasteiger partial charge in [0.2, 0.25) is 0 Å². The molecule has 0 N–H and O–H groups in total. The topological polar surface area (TPSA) is 0 Å². The lowest BCUT2D eigenvalue weighted by Gasteiger charge is -2.23. The first kappa shape index (κ1) is 19.0. The van der Waals surface area contributed by atoms with Crippen molar-refractivity contribution in [1.29, 1.82) is 0 Å². The highest BCUT2D eigenvalue weighted by molar-refractivity contribution is 8.22. The second-order valence-corrected chi connectivity index (χ2v) is 12.4. The van der Waals surface area contributed by atoms with Crippen LogP contribution in [0.1, 0.15) is 0 Å². The van der Waals surface area contributed by atoms with Gasteiger partial charge in [0.25, 0.3) is 0 Å². The van der Waals surface area contributed by atoms with E-state index in [2.05, 4.69) is 48.5 Å². The maximum absolute atomic E-state index is 6.25. The molecular weight excluding hydrogens is 406 g/mol. The highest BCUT2D eigenvalue weighted by Gasteiger charge is 2.22. The summed E-state index contributed by atoms with van der Waals surface area (Å²) in [4.78, 5) is 1.27. The first-order valence-corrected chi connectivity index (χ1v) is 12.6. The molecule has 0 fully saturated rings. The summed E-state index contributed by atoms with van der Waals surface area (Å²) in [6.07, 6.45) is 0.950. The van der Waals surface area contributed by atoms with Gasteiger partial charge in [0.1, 0.15) is 0 Å². The Morgan fingerprint density at radius 3 is 1.68 bits per heavy atom. The molecule has 0 unspecified atom stereocenters. The third kappa shape index (κ3) is 4.90. The zero-order valence-corrected chi connectivity index (χ0v) is 17.5. The van der Waals surface area contributed by atoms with E-state index in [1.165, 1.54) is 15.5 Å². The van der Waals surface area contributed by atoms with E-state index in [1.807, 2.05) is 42.1 Å². The zero-order valence-electron chi connectivity index (χ0n) is 13.4. The molecule has 0 heterocycles. The van der Waals surface area contributed by atoms with Gasteiger partial charge in [0, 0.05) is 26.7 Å². The van der Waals surface area contributed by atoms with Gasteiger partial charge in [-0.15, -0.1) is 11.8 Å². The van der Waals surface area contributed by atoms with Crippen LogP contribution in [-0.2, 0) is 11.8 Å². The first-order valence-electron chi connectivity index (χ1n) is 7.87. The monoisotopic (exact) mass is 422 g/mol. The van der Waals surface area contributed by atoms with Crippen molar-refractivity contribution >= 4 is 63.4 Å². The third-order valence-electron chi connectivity index (χ3n) is 3.91. The Morgan fingerprint density at radius 2 is 1.20 bits per heavy atom. The standard InChI is InChI=1S/C20H17Cl2PS2/c21-16-6-10-18(11-7-16)23(24,19-12-8-17(22)9-13-19)14-15-25-20-4-2-1-3-5-20/h1-13H,14-15H2. The molecule has 0 saturated carbocycles. The molecule has 0 nitrogen and oxygen atoms in total. The maximum Gasteiger partial charge on any atom is 0.0406 e. The van der Waals surface area contributed by atoms with Crippen LogP contribution >= 0.6 is 41.0 Å². The third-order valence-corrected chi connectivity index (χ3v) is 10.7.